The van der Waals surface area contributed by atoms with E-state index in [0.29, 0.717) is 17.0 Å². The van der Waals surface area contributed by atoms with Crippen LogP contribution < -0.4 is 0 Å². The van der Waals surface area contributed by atoms with E-state index in [4.69, 9.17) is 5.11 Å². The molecule has 4 heteroatoms. The molecular formula is C12H12N2O2. The lowest BCUT2D eigenvalue weighted by molar-refractivity contribution is -0.132. The van der Waals surface area contributed by atoms with Gasteiger partial charge in [0.15, 0.2) is 0 Å². The molecule has 0 bridgehead atoms. The van der Waals surface area contributed by atoms with Crippen LogP contribution in [0.25, 0.3) is 16.6 Å². The number of fused-ring (bicyclic) bond motifs is 1. The average Bonchev–Trinajstić information content (AvgIpc) is 2.70. The second kappa shape index (κ2) is 3.81. The van der Waals surface area contributed by atoms with Gasteiger partial charge in [0.25, 0.3) is 0 Å². The molecular weight excluding hydrogens is 204 g/mol. The number of benzene rings is 1. The topological polar surface area (TPSA) is 66.0 Å². The molecule has 0 radical (unpaired) electrons. The Morgan fingerprint density at radius 2 is 2.00 bits per heavy atom. The molecule has 16 heavy (non-hydrogen) atoms. The Kier molecular flexibility index (Phi) is 2.48. The first-order valence-corrected chi connectivity index (χ1v) is 4.95. The molecule has 2 aromatic rings. The van der Waals surface area contributed by atoms with E-state index in [-0.39, 0.29) is 0 Å². The van der Waals surface area contributed by atoms with Gasteiger partial charge in [-0.25, -0.2) is 9.78 Å². The summed E-state index contributed by atoms with van der Waals surface area (Å²) in [7, 11) is 0. The fourth-order valence-corrected chi connectivity index (χ4v) is 1.47. The summed E-state index contributed by atoms with van der Waals surface area (Å²) in [4.78, 5) is 18.3. The first kappa shape index (κ1) is 10.4. The number of imidazole rings is 1. The van der Waals surface area contributed by atoms with Gasteiger partial charge >= 0.3 is 5.97 Å². The number of aromatic nitrogens is 2. The zero-order valence-electron chi connectivity index (χ0n) is 9.11. The summed E-state index contributed by atoms with van der Waals surface area (Å²) in [6, 6.07) is 7.61. The summed E-state index contributed by atoms with van der Waals surface area (Å²) in [5.74, 6) is -0.306. The molecule has 2 N–H and O–H groups in total. The number of rotatable bonds is 2. The fourth-order valence-electron chi connectivity index (χ4n) is 1.47. The molecule has 0 saturated heterocycles. The van der Waals surface area contributed by atoms with Crippen molar-refractivity contribution in [1.82, 2.24) is 9.97 Å². The number of para-hydroxylation sites is 2. The normalized spacial score (nSPS) is 12.6. The summed E-state index contributed by atoms with van der Waals surface area (Å²) in [5.41, 5.74) is 2.72. The Morgan fingerprint density at radius 1 is 1.31 bits per heavy atom. The lowest BCUT2D eigenvalue weighted by Crippen LogP contribution is -1.99. The summed E-state index contributed by atoms with van der Waals surface area (Å²) in [6.07, 6.45) is 0. The van der Waals surface area contributed by atoms with Crippen molar-refractivity contribution in [1.29, 1.82) is 0 Å². The van der Waals surface area contributed by atoms with Crippen molar-refractivity contribution in [3.63, 3.8) is 0 Å². The molecule has 0 atom stereocenters. The van der Waals surface area contributed by atoms with Gasteiger partial charge in [-0.2, -0.15) is 0 Å². The maximum absolute atomic E-state index is 10.8. The molecule has 0 aliphatic rings. The molecule has 82 valence electrons. The van der Waals surface area contributed by atoms with Crippen LogP contribution in [0.15, 0.2) is 29.8 Å². The van der Waals surface area contributed by atoms with Crippen LogP contribution in [0.4, 0.5) is 0 Å². The number of carbonyl (C=O) groups is 1. The van der Waals surface area contributed by atoms with Crippen LogP contribution in [0.3, 0.4) is 0 Å². The summed E-state index contributed by atoms with van der Waals surface area (Å²) >= 11 is 0. The molecule has 0 fully saturated rings. The van der Waals surface area contributed by atoms with Crippen LogP contribution in [-0.2, 0) is 4.79 Å². The molecule has 1 heterocycles. The van der Waals surface area contributed by atoms with Gasteiger partial charge in [-0.15, -0.1) is 0 Å². The molecule has 0 unspecified atom stereocenters. The highest BCUT2D eigenvalue weighted by atomic mass is 16.4. The van der Waals surface area contributed by atoms with Crippen LogP contribution in [0.2, 0.25) is 0 Å². The highest BCUT2D eigenvalue weighted by Gasteiger charge is 2.10. The third-order valence-corrected chi connectivity index (χ3v) is 2.63. The summed E-state index contributed by atoms with van der Waals surface area (Å²) in [6.45, 7) is 3.33. The number of carboxylic acid groups (broad SMARTS) is 1. The van der Waals surface area contributed by atoms with E-state index >= 15 is 0 Å². The summed E-state index contributed by atoms with van der Waals surface area (Å²) in [5, 5.41) is 8.89. The Morgan fingerprint density at radius 3 is 2.62 bits per heavy atom. The van der Waals surface area contributed by atoms with Gasteiger partial charge in [0.2, 0.25) is 0 Å². The van der Waals surface area contributed by atoms with Crippen molar-refractivity contribution < 1.29 is 9.90 Å². The highest BCUT2D eigenvalue weighted by molar-refractivity contribution is 5.95. The highest BCUT2D eigenvalue weighted by Crippen LogP contribution is 2.19. The van der Waals surface area contributed by atoms with Gasteiger partial charge in [-0.1, -0.05) is 12.1 Å². The minimum atomic E-state index is -0.919. The van der Waals surface area contributed by atoms with E-state index in [9.17, 15) is 4.79 Å². The van der Waals surface area contributed by atoms with Crippen molar-refractivity contribution in [3.8, 4) is 0 Å². The number of aliphatic carboxylic acids is 1. The average molecular weight is 216 g/mol. The molecule has 2 rings (SSSR count). The van der Waals surface area contributed by atoms with E-state index < -0.39 is 5.97 Å². The lowest BCUT2D eigenvalue weighted by Gasteiger charge is -1.99. The SMILES string of the molecule is C/C(C(=O)O)=C(/C)c1nc2ccccc2[nH]1. The Balaban J connectivity index is 2.56. The molecule has 1 aromatic heterocycles. The van der Waals surface area contributed by atoms with Crippen molar-refractivity contribution in [2.75, 3.05) is 0 Å². The zero-order valence-corrected chi connectivity index (χ0v) is 9.11. The number of hydrogen-bond donors (Lipinski definition) is 2. The summed E-state index contributed by atoms with van der Waals surface area (Å²) < 4.78 is 0. The van der Waals surface area contributed by atoms with Gasteiger partial charge in [-0.05, 0) is 26.0 Å². The second-order valence-corrected chi connectivity index (χ2v) is 3.66. The maximum atomic E-state index is 10.8. The van der Waals surface area contributed by atoms with Gasteiger partial charge in [-0.3, -0.25) is 0 Å². The predicted molar refractivity (Wildman–Crippen MR) is 62.0 cm³/mol. The monoisotopic (exact) mass is 216 g/mol. The van der Waals surface area contributed by atoms with E-state index in [2.05, 4.69) is 9.97 Å². The number of nitrogens with one attached hydrogen (secondary N) is 1. The van der Waals surface area contributed by atoms with Gasteiger partial charge in [0, 0.05) is 11.1 Å². The van der Waals surface area contributed by atoms with Crippen LogP contribution in [0.1, 0.15) is 19.7 Å². The van der Waals surface area contributed by atoms with Gasteiger partial charge in [0.1, 0.15) is 5.82 Å². The number of carboxylic acids is 1. The van der Waals surface area contributed by atoms with E-state index in [1.165, 1.54) is 0 Å². The van der Waals surface area contributed by atoms with Gasteiger partial charge in [0.05, 0.1) is 11.0 Å². The maximum Gasteiger partial charge on any atom is 0.331 e. The van der Waals surface area contributed by atoms with Crippen LogP contribution in [-0.4, -0.2) is 21.0 Å². The molecule has 1 aromatic carbocycles. The third-order valence-electron chi connectivity index (χ3n) is 2.63. The number of hydrogen-bond acceptors (Lipinski definition) is 2. The number of H-pyrrole nitrogens is 1. The first-order valence-electron chi connectivity index (χ1n) is 4.95. The minimum absolute atomic E-state index is 0.305. The smallest absolute Gasteiger partial charge is 0.331 e. The second-order valence-electron chi connectivity index (χ2n) is 3.66. The van der Waals surface area contributed by atoms with E-state index in [1.807, 2.05) is 24.3 Å². The predicted octanol–water partition coefficient (Wildman–Crippen LogP) is 2.44. The molecule has 0 saturated carbocycles. The molecule has 0 amide bonds. The van der Waals surface area contributed by atoms with E-state index in [1.54, 1.807) is 13.8 Å². The van der Waals surface area contributed by atoms with Crippen LogP contribution in [0, 0.1) is 0 Å². The van der Waals surface area contributed by atoms with Crippen molar-refractivity contribution in [2.24, 2.45) is 0 Å². The van der Waals surface area contributed by atoms with Crippen molar-refractivity contribution in [3.05, 3.63) is 35.7 Å². The number of aromatic amines is 1. The largest absolute Gasteiger partial charge is 0.478 e. The van der Waals surface area contributed by atoms with Crippen molar-refractivity contribution in [2.45, 2.75) is 13.8 Å². The quantitative estimate of drug-likeness (QED) is 0.758. The molecule has 4 nitrogen and oxygen atoms in total. The first-order chi connectivity index (χ1) is 7.59. The standard InChI is InChI=1S/C12H12N2O2/c1-7(8(2)12(15)16)11-13-9-5-3-4-6-10(9)14-11/h3-6H,1-2H3,(H,13,14)(H,15,16)/b8-7+. The molecule has 0 spiro atoms. The van der Waals surface area contributed by atoms with E-state index in [0.717, 1.165) is 11.0 Å². The van der Waals surface area contributed by atoms with Gasteiger partial charge < -0.3 is 10.1 Å². The Bertz CT molecular complexity index is 548. The Labute approximate surface area is 92.6 Å². The third kappa shape index (κ3) is 1.69. The van der Waals surface area contributed by atoms with Crippen LogP contribution in [0.5, 0.6) is 0 Å². The number of allylic oxidation sites excluding steroid dienone is 1. The van der Waals surface area contributed by atoms with Crippen molar-refractivity contribution >= 4 is 22.6 Å². The fraction of sp³-hybridized carbons (Fsp3) is 0.167. The Hall–Kier alpha value is -2.10. The zero-order chi connectivity index (χ0) is 11.7. The van der Waals surface area contributed by atoms with Crippen LogP contribution >= 0.6 is 0 Å². The minimum Gasteiger partial charge on any atom is -0.478 e. The molecule has 0 aliphatic carbocycles. The number of nitrogens with zero attached hydrogens (tertiary/aromatic N) is 1. The lowest BCUT2D eigenvalue weighted by atomic mass is 10.1. The molecule has 0 aliphatic heterocycles.